The smallest absolute Gasteiger partial charge is 0.222 e. The van der Waals surface area contributed by atoms with Crippen LogP contribution in [0.4, 0.5) is 0 Å². The number of carbonyl (C=O) groups excluding carboxylic acids is 1. The molecular weight excluding hydrogens is 456 g/mol. The van der Waals surface area contributed by atoms with Crippen LogP contribution in [0.25, 0.3) is 0 Å². The van der Waals surface area contributed by atoms with Gasteiger partial charge in [0.15, 0.2) is 11.5 Å². The molecule has 0 atom stereocenters. The molecule has 0 aliphatic carbocycles. The van der Waals surface area contributed by atoms with Crippen molar-refractivity contribution in [3.63, 3.8) is 0 Å². The largest absolute Gasteiger partial charge is 0.493 e. The lowest BCUT2D eigenvalue weighted by Crippen LogP contribution is -2.47. The molecule has 0 unspecified atom stereocenters. The van der Waals surface area contributed by atoms with E-state index in [-0.39, 0.29) is 5.91 Å². The number of benzene rings is 2. The minimum absolute atomic E-state index is 0.250. The molecule has 7 heteroatoms. The number of piperidine rings is 1. The Bertz CT molecular complexity index is 1030. The number of aryl methyl sites for hydroxylation is 2. The van der Waals surface area contributed by atoms with Crippen molar-refractivity contribution in [1.82, 2.24) is 9.80 Å². The summed E-state index contributed by atoms with van der Waals surface area (Å²) >= 11 is 0. The van der Waals surface area contributed by atoms with E-state index in [2.05, 4.69) is 24.0 Å². The molecule has 2 heterocycles. The maximum atomic E-state index is 11.8. The molecule has 2 fully saturated rings. The first kappa shape index (κ1) is 26.3. The zero-order chi connectivity index (χ0) is 25.5. The Labute approximate surface area is 214 Å². The Balaban J connectivity index is 1.25. The number of methoxy groups -OCH3 is 1. The van der Waals surface area contributed by atoms with Gasteiger partial charge in [-0.2, -0.15) is 0 Å². The lowest BCUT2D eigenvalue weighted by atomic mass is 9.92. The summed E-state index contributed by atoms with van der Waals surface area (Å²) in [7, 11) is 1.65. The number of hydrogen-bond acceptors (Lipinski definition) is 6. The van der Waals surface area contributed by atoms with Crippen molar-refractivity contribution in [3.05, 3.63) is 53.1 Å². The number of carbonyl (C=O) groups is 1. The van der Waals surface area contributed by atoms with E-state index in [1.54, 1.807) is 7.11 Å². The number of aliphatic hydroxyl groups is 1. The molecule has 0 radical (unpaired) electrons. The number of amides is 1. The van der Waals surface area contributed by atoms with Gasteiger partial charge in [0.1, 0.15) is 18.0 Å². The summed E-state index contributed by atoms with van der Waals surface area (Å²) in [5, 5.41) is 11.1. The molecule has 0 saturated carbocycles. The number of rotatable bonds is 11. The van der Waals surface area contributed by atoms with Gasteiger partial charge in [-0.3, -0.25) is 9.69 Å². The molecule has 7 nitrogen and oxygen atoms in total. The number of hydrogen-bond donors (Lipinski definition) is 1. The maximum Gasteiger partial charge on any atom is 0.222 e. The molecule has 1 amide bonds. The molecule has 1 N–H and O–H groups in total. The Hall–Kier alpha value is -2.77. The molecule has 0 spiro atoms. The lowest BCUT2D eigenvalue weighted by molar-refractivity contribution is -0.127. The van der Waals surface area contributed by atoms with Crippen LogP contribution in [0.2, 0.25) is 0 Å². The average Bonchev–Trinajstić information content (AvgIpc) is 3.27. The average molecular weight is 497 g/mol. The molecule has 196 valence electrons. The molecule has 2 aliphatic rings. The van der Waals surface area contributed by atoms with Gasteiger partial charge in [-0.15, -0.1) is 0 Å². The van der Waals surface area contributed by atoms with Crippen LogP contribution in [0, 0.1) is 13.8 Å². The summed E-state index contributed by atoms with van der Waals surface area (Å²) in [5.74, 6) is 2.54. The van der Waals surface area contributed by atoms with Crippen molar-refractivity contribution >= 4 is 5.91 Å². The zero-order valence-electron chi connectivity index (χ0n) is 21.9. The van der Waals surface area contributed by atoms with E-state index >= 15 is 0 Å². The fraction of sp³-hybridized carbons (Fsp3) is 0.552. The topological polar surface area (TPSA) is 71.5 Å². The van der Waals surface area contributed by atoms with E-state index in [4.69, 9.17) is 14.2 Å². The molecule has 2 aromatic carbocycles. The highest BCUT2D eigenvalue weighted by molar-refractivity contribution is 5.78. The first-order chi connectivity index (χ1) is 17.3. The van der Waals surface area contributed by atoms with Crippen LogP contribution in [-0.2, 0) is 11.3 Å². The predicted molar refractivity (Wildman–Crippen MR) is 140 cm³/mol. The van der Waals surface area contributed by atoms with Crippen LogP contribution in [0.5, 0.6) is 17.2 Å². The van der Waals surface area contributed by atoms with Crippen LogP contribution >= 0.6 is 0 Å². The van der Waals surface area contributed by atoms with E-state index in [0.29, 0.717) is 38.2 Å². The Morgan fingerprint density at radius 2 is 1.75 bits per heavy atom. The molecule has 0 aromatic heterocycles. The Morgan fingerprint density at radius 1 is 0.972 bits per heavy atom. The van der Waals surface area contributed by atoms with E-state index in [0.717, 1.165) is 68.2 Å². The van der Waals surface area contributed by atoms with Crippen LogP contribution in [-0.4, -0.2) is 72.9 Å². The van der Waals surface area contributed by atoms with E-state index in [1.807, 2.05) is 36.1 Å². The summed E-state index contributed by atoms with van der Waals surface area (Å²) in [4.78, 5) is 16.1. The summed E-state index contributed by atoms with van der Waals surface area (Å²) in [6, 6.07) is 12.2. The van der Waals surface area contributed by atoms with Crippen molar-refractivity contribution in [2.24, 2.45) is 0 Å². The number of likely N-dealkylation sites (tertiary alicyclic amines) is 2. The van der Waals surface area contributed by atoms with Crippen molar-refractivity contribution in [2.45, 2.75) is 58.1 Å². The third-order valence-corrected chi connectivity index (χ3v) is 7.25. The predicted octanol–water partition coefficient (Wildman–Crippen LogP) is 4.11. The number of nitrogens with zero attached hydrogens (tertiary/aromatic N) is 2. The van der Waals surface area contributed by atoms with Crippen LogP contribution in [0.15, 0.2) is 36.4 Å². The second-order valence-corrected chi connectivity index (χ2v) is 10.2. The normalized spacial score (nSPS) is 17.9. The molecule has 0 bridgehead atoms. The van der Waals surface area contributed by atoms with Gasteiger partial charge in [0.25, 0.3) is 0 Å². The zero-order valence-corrected chi connectivity index (χ0v) is 21.9. The molecule has 2 aromatic rings. The Kier molecular flexibility index (Phi) is 8.75. The summed E-state index contributed by atoms with van der Waals surface area (Å²) in [6.07, 6.45) is 3.78. The highest BCUT2D eigenvalue weighted by Gasteiger charge is 2.33. The third kappa shape index (κ3) is 6.92. The van der Waals surface area contributed by atoms with E-state index in [9.17, 15) is 9.90 Å². The quantitative estimate of drug-likeness (QED) is 0.472. The van der Waals surface area contributed by atoms with Gasteiger partial charge in [0, 0.05) is 39.1 Å². The monoisotopic (exact) mass is 496 g/mol. The van der Waals surface area contributed by atoms with Gasteiger partial charge in [-0.1, -0.05) is 23.8 Å². The fourth-order valence-corrected chi connectivity index (χ4v) is 5.01. The second-order valence-electron chi connectivity index (χ2n) is 10.2. The molecular formula is C29H40N2O5. The van der Waals surface area contributed by atoms with Crippen molar-refractivity contribution < 1.29 is 24.1 Å². The van der Waals surface area contributed by atoms with Gasteiger partial charge < -0.3 is 24.2 Å². The van der Waals surface area contributed by atoms with Crippen LogP contribution in [0.3, 0.4) is 0 Å². The molecule has 4 rings (SSSR count). The highest BCUT2D eigenvalue weighted by atomic mass is 16.5. The van der Waals surface area contributed by atoms with Crippen molar-refractivity contribution in [2.75, 3.05) is 46.5 Å². The van der Waals surface area contributed by atoms with E-state index < -0.39 is 5.60 Å². The standard InChI is InChI=1S/C29H40N2O5/c1-22-7-9-25(23(2)18-22)36-21-29(33)11-15-30(16-12-29)20-24-8-10-26(34-3)27(19-24)35-17-5-14-31-13-4-6-28(31)32/h7-10,18-19,33H,4-6,11-17,20-21H2,1-3H3. The summed E-state index contributed by atoms with van der Waals surface area (Å²) in [6.45, 7) is 8.96. The van der Waals surface area contributed by atoms with Gasteiger partial charge in [0.2, 0.25) is 5.91 Å². The van der Waals surface area contributed by atoms with Crippen molar-refractivity contribution in [1.29, 1.82) is 0 Å². The van der Waals surface area contributed by atoms with Crippen LogP contribution < -0.4 is 14.2 Å². The number of ether oxygens (including phenoxy) is 3. The second kappa shape index (κ2) is 12.0. The molecule has 36 heavy (non-hydrogen) atoms. The first-order valence-corrected chi connectivity index (χ1v) is 13.1. The molecule has 2 saturated heterocycles. The Morgan fingerprint density at radius 3 is 2.44 bits per heavy atom. The fourth-order valence-electron chi connectivity index (χ4n) is 5.01. The van der Waals surface area contributed by atoms with Gasteiger partial charge in [-0.25, -0.2) is 0 Å². The summed E-state index contributed by atoms with van der Waals surface area (Å²) in [5.41, 5.74) is 2.65. The maximum absolute atomic E-state index is 11.8. The summed E-state index contributed by atoms with van der Waals surface area (Å²) < 4.78 is 17.5. The minimum Gasteiger partial charge on any atom is -0.493 e. The van der Waals surface area contributed by atoms with Gasteiger partial charge >= 0.3 is 0 Å². The van der Waals surface area contributed by atoms with Gasteiger partial charge in [-0.05, 0) is 68.9 Å². The van der Waals surface area contributed by atoms with Gasteiger partial charge in [0.05, 0.1) is 13.7 Å². The minimum atomic E-state index is -0.807. The highest BCUT2D eigenvalue weighted by Crippen LogP contribution is 2.30. The van der Waals surface area contributed by atoms with Crippen molar-refractivity contribution in [3.8, 4) is 17.2 Å². The van der Waals surface area contributed by atoms with Crippen LogP contribution in [0.1, 0.15) is 48.8 Å². The SMILES string of the molecule is COc1ccc(CN2CCC(O)(COc3ccc(C)cc3C)CC2)cc1OCCCN1CCCC1=O. The lowest BCUT2D eigenvalue weighted by Gasteiger charge is -2.38. The molecule has 2 aliphatic heterocycles. The van der Waals surface area contributed by atoms with E-state index in [1.165, 1.54) is 5.56 Å². The first-order valence-electron chi connectivity index (χ1n) is 13.1. The third-order valence-electron chi connectivity index (χ3n) is 7.25.